The highest BCUT2D eigenvalue weighted by Gasteiger charge is 2.40. The normalized spacial score (nSPS) is 17.9. The maximum absolute atomic E-state index is 12.6. The van der Waals surface area contributed by atoms with Crippen LogP contribution >= 0.6 is 0 Å². The van der Waals surface area contributed by atoms with E-state index in [4.69, 9.17) is 4.74 Å². The molecule has 0 unspecified atom stereocenters. The summed E-state index contributed by atoms with van der Waals surface area (Å²) in [6.45, 7) is 9.85. The number of hydrogen-bond acceptors (Lipinski definition) is 4. The number of nitrogens with one attached hydrogen (secondary N) is 1. The summed E-state index contributed by atoms with van der Waals surface area (Å²) < 4.78 is 5.15. The number of hydrogen-bond donors (Lipinski definition) is 1. The summed E-state index contributed by atoms with van der Waals surface area (Å²) in [6, 6.07) is 5.82. The van der Waals surface area contributed by atoms with Crippen LogP contribution in [0.15, 0.2) is 23.2 Å². The number of ether oxygens (including phenoxy) is 1. The Labute approximate surface area is 150 Å². The molecule has 0 atom stereocenters. The number of methoxy groups -OCH3 is 1. The smallest absolute Gasteiger partial charge is 0.242 e. The maximum Gasteiger partial charge on any atom is 0.242 e. The number of aliphatic imine (C=N–C) groups is 1. The molecular formula is C18H29N5O2. The van der Waals surface area contributed by atoms with Gasteiger partial charge in [0.05, 0.1) is 31.4 Å². The summed E-state index contributed by atoms with van der Waals surface area (Å²) in [5.74, 6) is 1.40. The van der Waals surface area contributed by atoms with E-state index in [1.165, 1.54) is 0 Å². The van der Waals surface area contributed by atoms with E-state index in [2.05, 4.69) is 43.0 Å². The van der Waals surface area contributed by atoms with E-state index < -0.39 is 0 Å². The largest absolute Gasteiger partial charge is 0.481 e. The van der Waals surface area contributed by atoms with Crippen molar-refractivity contribution in [1.82, 2.24) is 20.1 Å². The minimum absolute atomic E-state index is 0.119. The molecule has 0 aromatic carbocycles. The van der Waals surface area contributed by atoms with Gasteiger partial charge in [0.2, 0.25) is 11.8 Å². The lowest BCUT2D eigenvalue weighted by Crippen LogP contribution is -2.66. The number of carbonyl (C=O) groups excluding carboxylic acids is 1. The van der Waals surface area contributed by atoms with Gasteiger partial charge in [0, 0.05) is 25.7 Å². The average molecular weight is 347 g/mol. The summed E-state index contributed by atoms with van der Waals surface area (Å²) in [6.07, 6.45) is 0. The molecular weight excluding hydrogens is 318 g/mol. The van der Waals surface area contributed by atoms with Crippen LogP contribution in [-0.4, -0.2) is 65.5 Å². The molecule has 1 saturated heterocycles. The van der Waals surface area contributed by atoms with E-state index >= 15 is 0 Å². The van der Waals surface area contributed by atoms with Crippen LogP contribution in [0.1, 0.15) is 33.4 Å². The summed E-state index contributed by atoms with van der Waals surface area (Å²) in [4.78, 5) is 25.3. The number of pyridine rings is 1. The second-order valence-electron chi connectivity index (χ2n) is 7.10. The van der Waals surface area contributed by atoms with Crippen molar-refractivity contribution in [3.05, 3.63) is 23.9 Å². The van der Waals surface area contributed by atoms with Gasteiger partial charge in [-0.1, -0.05) is 6.07 Å². The number of amides is 1. The van der Waals surface area contributed by atoms with Crippen LogP contribution in [0, 0.1) is 0 Å². The van der Waals surface area contributed by atoms with Gasteiger partial charge < -0.3 is 19.9 Å². The second kappa shape index (κ2) is 7.72. The topological polar surface area (TPSA) is 70.1 Å². The molecule has 7 nitrogen and oxygen atoms in total. The third-order valence-corrected chi connectivity index (χ3v) is 4.27. The van der Waals surface area contributed by atoms with Gasteiger partial charge in [-0.15, -0.1) is 0 Å². The fraction of sp³-hybridized carbons (Fsp3) is 0.611. The van der Waals surface area contributed by atoms with E-state index in [9.17, 15) is 4.79 Å². The molecule has 0 saturated carbocycles. The van der Waals surface area contributed by atoms with Gasteiger partial charge in [-0.05, 0) is 33.8 Å². The predicted octanol–water partition coefficient (Wildman–Crippen LogP) is 1.50. The molecule has 0 bridgehead atoms. The standard InChI is InChI=1S/C18H29N5O2/c1-13(2)23-16(24)11-22(12-18(23,3)4)17(19-5)20-10-14-8-7-9-15(21-14)25-6/h7-9,13H,10-12H2,1-6H3,(H,19,20). The number of aromatic nitrogens is 1. The molecule has 1 aromatic rings. The predicted molar refractivity (Wildman–Crippen MR) is 98.6 cm³/mol. The highest BCUT2D eigenvalue weighted by atomic mass is 16.5. The fourth-order valence-corrected chi connectivity index (χ4v) is 3.48. The zero-order chi connectivity index (χ0) is 18.6. The Morgan fingerprint density at radius 1 is 1.44 bits per heavy atom. The van der Waals surface area contributed by atoms with Crippen molar-refractivity contribution in [2.45, 2.75) is 45.8 Å². The van der Waals surface area contributed by atoms with Crippen molar-refractivity contribution < 1.29 is 9.53 Å². The lowest BCUT2D eigenvalue weighted by atomic mass is 9.96. The number of carbonyl (C=O) groups is 1. The third-order valence-electron chi connectivity index (χ3n) is 4.27. The Balaban J connectivity index is 2.07. The summed E-state index contributed by atoms with van der Waals surface area (Å²) in [7, 11) is 3.33. The number of guanidine groups is 1. The van der Waals surface area contributed by atoms with Crippen LogP contribution in [0.2, 0.25) is 0 Å². The molecule has 0 radical (unpaired) electrons. The molecule has 0 spiro atoms. The van der Waals surface area contributed by atoms with Crippen molar-refractivity contribution in [3.8, 4) is 5.88 Å². The molecule has 0 aliphatic carbocycles. The van der Waals surface area contributed by atoms with Crippen molar-refractivity contribution in [1.29, 1.82) is 0 Å². The van der Waals surface area contributed by atoms with Crippen LogP contribution in [0.25, 0.3) is 0 Å². The van der Waals surface area contributed by atoms with Gasteiger partial charge in [0.1, 0.15) is 0 Å². The van der Waals surface area contributed by atoms with E-state index in [1.807, 2.05) is 28.0 Å². The van der Waals surface area contributed by atoms with Gasteiger partial charge in [-0.25, -0.2) is 4.98 Å². The monoisotopic (exact) mass is 347 g/mol. The van der Waals surface area contributed by atoms with Crippen molar-refractivity contribution in [2.75, 3.05) is 27.2 Å². The molecule has 1 aromatic heterocycles. The van der Waals surface area contributed by atoms with Crippen molar-refractivity contribution >= 4 is 11.9 Å². The Bertz CT molecular complexity index is 642. The lowest BCUT2D eigenvalue weighted by molar-refractivity contribution is -0.145. The Hall–Kier alpha value is -2.31. The molecule has 1 amide bonds. The number of piperazine rings is 1. The lowest BCUT2D eigenvalue weighted by Gasteiger charge is -2.49. The molecule has 7 heteroatoms. The minimum Gasteiger partial charge on any atom is -0.481 e. The first-order valence-electron chi connectivity index (χ1n) is 8.56. The quantitative estimate of drug-likeness (QED) is 0.660. The highest BCUT2D eigenvalue weighted by Crippen LogP contribution is 2.24. The molecule has 25 heavy (non-hydrogen) atoms. The first kappa shape index (κ1) is 19.0. The molecule has 1 fully saturated rings. The summed E-state index contributed by atoms with van der Waals surface area (Å²) in [5, 5.41) is 3.30. The minimum atomic E-state index is -0.255. The molecule has 2 heterocycles. The van der Waals surface area contributed by atoms with Crippen LogP contribution in [0.3, 0.4) is 0 Å². The van der Waals surface area contributed by atoms with E-state index in [-0.39, 0.29) is 17.5 Å². The summed E-state index contributed by atoms with van der Waals surface area (Å²) in [5.41, 5.74) is 0.599. The van der Waals surface area contributed by atoms with Crippen LogP contribution in [0.5, 0.6) is 5.88 Å². The van der Waals surface area contributed by atoms with E-state index in [0.717, 1.165) is 12.2 Å². The zero-order valence-corrected chi connectivity index (χ0v) is 16.0. The molecule has 1 aliphatic heterocycles. The van der Waals surface area contributed by atoms with E-state index in [0.29, 0.717) is 24.9 Å². The first-order chi connectivity index (χ1) is 11.8. The fourth-order valence-electron chi connectivity index (χ4n) is 3.48. The Morgan fingerprint density at radius 3 is 2.72 bits per heavy atom. The van der Waals surface area contributed by atoms with Gasteiger partial charge >= 0.3 is 0 Å². The second-order valence-corrected chi connectivity index (χ2v) is 7.10. The molecule has 138 valence electrons. The summed E-state index contributed by atoms with van der Waals surface area (Å²) >= 11 is 0. The van der Waals surface area contributed by atoms with Crippen LogP contribution in [-0.2, 0) is 11.3 Å². The maximum atomic E-state index is 12.6. The SMILES string of the molecule is CN=C(NCc1cccc(OC)n1)N1CC(=O)N(C(C)C)C(C)(C)C1. The van der Waals surface area contributed by atoms with E-state index in [1.54, 1.807) is 14.2 Å². The Kier molecular flexibility index (Phi) is 5.87. The van der Waals surface area contributed by atoms with Gasteiger partial charge in [0.25, 0.3) is 0 Å². The molecule has 1 aliphatic rings. The third kappa shape index (κ3) is 4.41. The number of rotatable bonds is 4. The molecule has 2 rings (SSSR count). The van der Waals surface area contributed by atoms with Gasteiger partial charge in [0.15, 0.2) is 5.96 Å². The average Bonchev–Trinajstić information content (AvgIpc) is 2.53. The van der Waals surface area contributed by atoms with Crippen molar-refractivity contribution in [2.24, 2.45) is 4.99 Å². The Morgan fingerprint density at radius 2 is 2.16 bits per heavy atom. The van der Waals surface area contributed by atoms with Crippen LogP contribution in [0.4, 0.5) is 0 Å². The van der Waals surface area contributed by atoms with Crippen molar-refractivity contribution in [3.63, 3.8) is 0 Å². The number of nitrogens with zero attached hydrogens (tertiary/aromatic N) is 4. The highest BCUT2D eigenvalue weighted by molar-refractivity contribution is 5.88. The van der Waals surface area contributed by atoms with Gasteiger partial charge in [-0.2, -0.15) is 0 Å². The first-order valence-corrected chi connectivity index (χ1v) is 8.56. The molecule has 1 N–H and O–H groups in total. The van der Waals surface area contributed by atoms with Crippen LogP contribution < -0.4 is 10.1 Å². The van der Waals surface area contributed by atoms with Gasteiger partial charge in [-0.3, -0.25) is 9.79 Å². The zero-order valence-electron chi connectivity index (χ0n) is 16.0.